The van der Waals surface area contributed by atoms with Crippen LogP contribution in [0.3, 0.4) is 0 Å². The number of thiophene rings is 2. The van der Waals surface area contributed by atoms with Crippen molar-refractivity contribution in [3.8, 4) is 0 Å². The fourth-order valence-corrected chi connectivity index (χ4v) is 15.8. The Kier molecular flexibility index (Phi) is 9.39. The van der Waals surface area contributed by atoms with Crippen LogP contribution in [-0.2, 0) is 10.8 Å². The molecule has 6 heterocycles. The zero-order valence-electron chi connectivity index (χ0n) is 45.4. The molecule has 11 aromatic carbocycles. The van der Waals surface area contributed by atoms with E-state index in [0.717, 1.165) is 22.7 Å². The summed E-state index contributed by atoms with van der Waals surface area (Å²) in [7, 11) is 0. The minimum atomic E-state index is -0.0457. The molecule has 0 fully saturated rings. The van der Waals surface area contributed by atoms with Crippen LogP contribution in [0.4, 0.5) is 34.1 Å². The fraction of sp³-hybridized carbons (Fsp3) is 0.108. The van der Waals surface area contributed by atoms with Gasteiger partial charge >= 0.3 is 0 Å². The van der Waals surface area contributed by atoms with Crippen molar-refractivity contribution in [2.45, 2.75) is 52.4 Å². The molecule has 0 radical (unpaired) electrons. The maximum absolute atomic E-state index is 2.60. The van der Waals surface area contributed by atoms with Crippen LogP contribution in [0.25, 0.3) is 117 Å². The third kappa shape index (κ3) is 6.43. The van der Waals surface area contributed by atoms with E-state index < -0.39 is 0 Å². The Morgan fingerprint density at radius 1 is 0.287 bits per heavy atom. The summed E-state index contributed by atoms with van der Waals surface area (Å²) >= 11 is 3.74. The lowest BCUT2D eigenvalue weighted by molar-refractivity contribution is 0.591. The minimum Gasteiger partial charge on any atom is -0.310 e. The minimum absolute atomic E-state index is 0.0457. The molecule has 0 spiro atoms. The number of hydrogen-bond donors (Lipinski definition) is 0. The van der Waals surface area contributed by atoms with Crippen LogP contribution in [0.15, 0.2) is 218 Å². The SMILES string of the molecule is CC(C)(C)c1ccc2c(c1)c1c(N(c3ccccc3)c3ccc4sc5ccccc5c4c3)ccc3c4cc5c(cc4n2c31)c1ccc(N(c2ccccc2)c2ccc3sc4ccccc4c3c2)c2c3cc(C(C)(C)C)ccc3n5c12. The molecule has 17 rings (SSSR count). The Morgan fingerprint density at radius 2 is 0.688 bits per heavy atom. The highest BCUT2D eigenvalue weighted by Gasteiger charge is 2.30. The number of aromatic nitrogens is 2. The monoisotopic (exact) mass is 1060 g/mol. The molecule has 0 amide bonds. The molecule has 382 valence electrons. The Labute approximate surface area is 470 Å². The van der Waals surface area contributed by atoms with Gasteiger partial charge < -0.3 is 18.6 Å². The normalized spacial score (nSPS) is 12.9. The van der Waals surface area contributed by atoms with Crippen molar-refractivity contribution in [3.63, 3.8) is 0 Å². The Morgan fingerprint density at radius 3 is 1.11 bits per heavy atom. The number of hydrogen-bond acceptors (Lipinski definition) is 4. The second kappa shape index (κ2) is 16.3. The van der Waals surface area contributed by atoms with Crippen LogP contribution in [0.2, 0.25) is 0 Å². The number of nitrogens with zero attached hydrogens (tertiary/aromatic N) is 4. The van der Waals surface area contributed by atoms with E-state index in [-0.39, 0.29) is 10.8 Å². The first-order valence-electron chi connectivity index (χ1n) is 27.9. The Hall–Kier alpha value is -8.94. The first-order chi connectivity index (χ1) is 38.9. The third-order valence-electron chi connectivity index (χ3n) is 17.4. The highest BCUT2D eigenvalue weighted by molar-refractivity contribution is 7.26. The summed E-state index contributed by atoms with van der Waals surface area (Å²) < 4.78 is 10.4. The van der Waals surface area contributed by atoms with Gasteiger partial charge in [0.05, 0.1) is 44.5 Å². The van der Waals surface area contributed by atoms with Crippen molar-refractivity contribution in [2.24, 2.45) is 0 Å². The van der Waals surface area contributed by atoms with Crippen molar-refractivity contribution >= 4 is 173 Å². The number of benzene rings is 11. The number of rotatable bonds is 6. The van der Waals surface area contributed by atoms with Crippen molar-refractivity contribution in [2.75, 3.05) is 9.80 Å². The Bertz CT molecular complexity index is 5050. The molecular weight excluding hydrogens is 1010 g/mol. The molecule has 0 saturated carbocycles. The van der Waals surface area contributed by atoms with Gasteiger partial charge in [-0.2, -0.15) is 0 Å². The summed E-state index contributed by atoms with van der Waals surface area (Å²) in [5, 5.41) is 15.3. The average molecular weight is 1060 g/mol. The zero-order valence-corrected chi connectivity index (χ0v) is 47.0. The van der Waals surface area contributed by atoms with E-state index in [9.17, 15) is 0 Å². The van der Waals surface area contributed by atoms with Gasteiger partial charge in [-0.05, 0) is 143 Å². The summed E-state index contributed by atoms with van der Waals surface area (Å²) in [4.78, 5) is 5.01. The molecule has 6 heteroatoms. The van der Waals surface area contributed by atoms with Crippen molar-refractivity contribution in [1.29, 1.82) is 0 Å². The van der Waals surface area contributed by atoms with Gasteiger partial charge in [0.2, 0.25) is 0 Å². The highest BCUT2D eigenvalue weighted by atomic mass is 32.1. The molecule has 4 nitrogen and oxygen atoms in total. The van der Waals surface area contributed by atoms with Crippen molar-refractivity contribution < 1.29 is 0 Å². The lowest BCUT2D eigenvalue weighted by atomic mass is 9.86. The molecule has 80 heavy (non-hydrogen) atoms. The number of para-hydroxylation sites is 2. The predicted octanol–water partition coefficient (Wildman–Crippen LogP) is 22.3. The average Bonchev–Trinajstić information content (AvgIpc) is 3.08. The quantitative estimate of drug-likeness (QED) is 0.165. The van der Waals surface area contributed by atoms with Gasteiger partial charge in [-0.25, -0.2) is 0 Å². The van der Waals surface area contributed by atoms with E-state index in [1.165, 1.54) is 139 Å². The maximum Gasteiger partial charge on any atom is 0.0641 e. The second-order valence-electron chi connectivity index (χ2n) is 24.1. The summed E-state index contributed by atoms with van der Waals surface area (Å²) in [6, 6.07) is 82.9. The summed E-state index contributed by atoms with van der Waals surface area (Å²) in [5.41, 5.74) is 16.8. The molecule has 0 unspecified atom stereocenters. The number of fused-ring (bicyclic) bond motifs is 18. The van der Waals surface area contributed by atoms with E-state index in [1.807, 2.05) is 22.7 Å². The second-order valence-corrected chi connectivity index (χ2v) is 26.3. The van der Waals surface area contributed by atoms with Gasteiger partial charge in [0, 0.05) is 106 Å². The van der Waals surface area contributed by atoms with Gasteiger partial charge in [-0.1, -0.05) is 139 Å². The maximum atomic E-state index is 2.60. The van der Waals surface area contributed by atoms with Crippen molar-refractivity contribution in [1.82, 2.24) is 8.80 Å². The van der Waals surface area contributed by atoms with Crippen LogP contribution in [0.1, 0.15) is 52.7 Å². The summed E-state index contributed by atoms with van der Waals surface area (Å²) in [5.74, 6) is 0. The molecule has 17 aromatic rings. The molecule has 0 aliphatic carbocycles. The van der Waals surface area contributed by atoms with E-state index >= 15 is 0 Å². The first-order valence-corrected chi connectivity index (χ1v) is 29.5. The highest BCUT2D eigenvalue weighted by Crippen LogP contribution is 2.53. The smallest absolute Gasteiger partial charge is 0.0641 e. The van der Waals surface area contributed by atoms with Crippen molar-refractivity contribution in [3.05, 3.63) is 230 Å². The van der Waals surface area contributed by atoms with Gasteiger partial charge in [0.25, 0.3) is 0 Å². The molecule has 0 N–H and O–H groups in total. The standard InChI is InChI=1S/C74H54N4S2/c1-73(2,3)43-25-31-59-57(37-43)69-61(75(45-17-9-7-10-18-45)47-27-35-67-55(39-47)49-21-13-15-23-65(49)79-67)33-29-51-53-42-64-54(41-63(53)77(59)71(51)69)52-30-34-62(70-58-38-44(74(4,5)6)26-32-60(58)78(64)72(52)70)76(46-19-11-8-12-20-46)48-28-36-68-56(40-48)50-22-14-16-24-66(50)80-68/h7-42H,1-6H3. The Balaban J connectivity index is 0.962. The van der Waals surface area contributed by atoms with Gasteiger partial charge in [-0.3, -0.25) is 0 Å². The van der Waals surface area contributed by atoms with E-state index in [0.29, 0.717) is 0 Å². The predicted molar refractivity (Wildman–Crippen MR) is 348 cm³/mol. The molecule has 0 aliphatic heterocycles. The van der Waals surface area contributed by atoms with Gasteiger partial charge in [-0.15, -0.1) is 22.7 Å². The van der Waals surface area contributed by atoms with Crippen LogP contribution in [-0.4, -0.2) is 8.80 Å². The number of anilines is 6. The fourth-order valence-electron chi connectivity index (χ4n) is 13.6. The molecule has 0 saturated heterocycles. The molecular formula is C74H54N4S2. The lowest BCUT2D eigenvalue weighted by Gasteiger charge is -2.27. The lowest BCUT2D eigenvalue weighted by Crippen LogP contribution is -2.11. The van der Waals surface area contributed by atoms with Crippen LogP contribution in [0.5, 0.6) is 0 Å². The molecule has 0 atom stereocenters. The summed E-state index contributed by atoms with van der Waals surface area (Å²) in [6.45, 7) is 14.0. The molecule has 0 aliphatic rings. The zero-order chi connectivity index (χ0) is 53.5. The van der Waals surface area contributed by atoms with Crippen LogP contribution < -0.4 is 9.80 Å². The molecule has 0 bridgehead atoms. The van der Waals surface area contributed by atoms with E-state index in [2.05, 4.69) is 279 Å². The molecule has 6 aromatic heterocycles. The van der Waals surface area contributed by atoms with Crippen LogP contribution >= 0.6 is 22.7 Å². The van der Waals surface area contributed by atoms with Gasteiger partial charge in [0.1, 0.15) is 0 Å². The first kappa shape index (κ1) is 46.0. The van der Waals surface area contributed by atoms with E-state index in [1.54, 1.807) is 0 Å². The third-order valence-corrected chi connectivity index (χ3v) is 19.7. The topological polar surface area (TPSA) is 15.3 Å². The van der Waals surface area contributed by atoms with E-state index in [4.69, 9.17) is 0 Å². The van der Waals surface area contributed by atoms with Crippen LogP contribution in [0, 0.1) is 0 Å². The summed E-state index contributed by atoms with van der Waals surface area (Å²) in [6.07, 6.45) is 0. The van der Waals surface area contributed by atoms with Gasteiger partial charge in [0.15, 0.2) is 0 Å². The largest absolute Gasteiger partial charge is 0.310 e.